The molecule has 0 amide bonds. The molecule has 3 aromatic carbocycles. The zero-order valence-electron chi connectivity index (χ0n) is 16.2. The van der Waals surface area contributed by atoms with Crippen molar-refractivity contribution in [3.63, 3.8) is 0 Å². The largest absolute Gasteiger partial charge is 0.454 e. The van der Waals surface area contributed by atoms with E-state index in [2.05, 4.69) is 0 Å². The summed E-state index contributed by atoms with van der Waals surface area (Å²) >= 11 is 12.4. The molecule has 0 aliphatic carbocycles. The van der Waals surface area contributed by atoms with E-state index in [4.69, 9.17) is 33.7 Å². The van der Waals surface area contributed by atoms with Gasteiger partial charge in [0.1, 0.15) is 12.0 Å². The van der Waals surface area contributed by atoms with Gasteiger partial charge in [-0.25, -0.2) is 8.78 Å². The van der Waals surface area contributed by atoms with Crippen molar-refractivity contribution in [2.24, 2.45) is 0 Å². The molecule has 1 heterocycles. The highest BCUT2D eigenvalue weighted by Crippen LogP contribution is 2.39. The monoisotopic (exact) mass is 462 g/mol. The Morgan fingerprint density at radius 2 is 1.81 bits per heavy atom. The number of hydrogen-bond donors (Lipinski definition) is 1. The van der Waals surface area contributed by atoms with Crippen LogP contribution >= 0.6 is 23.2 Å². The van der Waals surface area contributed by atoms with Crippen LogP contribution < -0.4 is 10.5 Å². The number of benzene rings is 3. The molecule has 0 radical (unpaired) electrons. The van der Waals surface area contributed by atoms with Gasteiger partial charge in [-0.15, -0.1) is 0 Å². The van der Waals surface area contributed by atoms with Crippen molar-refractivity contribution in [1.29, 1.82) is 0 Å². The van der Waals surface area contributed by atoms with Gasteiger partial charge in [-0.3, -0.25) is 4.90 Å². The number of carbonyl (C=O) groups excluding carboxylic acids is 1. The fourth-order valence-corrected chi connectivity index (χ4v) is 4.34. The van der Waals surface area contributed by atoms with Crippen LogP contribution in [-0.2, 0) is 17.8 Å². The number of rotatable bonds is 5. The molecule has 0 spiro atoms. The second-order valence-electron chi connectivity index (χ2n) is 7.33. The average Bonchev–Trinajstić information content (AvgIpc) is 2.73. The van der Waals surface area contributed by atoms with Gasteiger partial charge in [-0.2, -0.15) is 0 Å². The van der Waals surface area contributed by atoms with E-state index >= 15 is 0 Å². The van der Waals surface area contributed by atoms with E-state index in [1.807, 2.05) is 17.0 Å². The molecule has 8 heteroatoms. The van der Waals surface area contributed by atoms with Gasteiger partial charge < -0.3 is 15.3 Å². The van der Waals surface area contributed by atoms with Crippen LogP contribution in [0.1, 0.15) is 22.7 Å². The lowest BCUT2D eigenvalue weighted by Crippen LogP contribution is -2.35. The Balaban J connectivity index is 1.57. The minimum absolute atomic E-state index is 0.297. The molecule has 0 aromatic heterocycles. The molecular formula is C23H18Cl2F2N2O2. The van der Waals surface area contributed by atoms with E-state index in [0.717, 1.165) is 29.5 Å². The predicted octanol–water partition coefficient (Wildman–Crippen LogP) is 5.94. The van der Waals surface area contributed by atoms with Crippen LogP contribution in [0.15, 0.2) is 48.5 Å². The van der Waals surface area contributed by atoms with Gasteiger partial charge in [0.15, 0.2) is 17.4 Å². The first-order valence-electron chi connectivity index (χ1n) is 9.54. The van der Waals surface area contributed by atoms with Gasteiger partial charge in [0, 0.05) is 18.8 Å². The third-order valence-corrected chi connectivity index (χ3v) is 5.80. The Morgan fingerprint density at radius 3 is 2.48 bits per heavy atom. The summed E-state index contributed by atoms with van der Waals surface area (Å²) in [7, 11) is 0. The van der Waals surface area contributed by atoms with Crippen LogP contribution in [0.4, 0.5) is 14.5 Å². The van der Waals surface area contributed by atoms with Crippen LogP contribution in [0, 0.1) is 11.6 Å². The van der Waals surface area contributed by atoms with Crippen LogP contribution in [0.5, 0.6) is 11.5 Å². The minimum Gasteiger partial charge on any atom is -0.454 e. The van der Waals surface area contributed by atoms with E-state index in [1.54, 1.807) is 18.2 Å². The fraction of sp³-hybridized carbons (Fsp3) is 0.174. The summed E-state index contributed by atoms with van der Waals surface area (Å²) in [6.07, 6.45) is 1.51. The maximum atomic E-state index is 13.6. The maximum Gasteiger partial charge on any atom is 0.164 e. The lowest BCUT2D eigenvalue weighted by atomic mass is 9.92. The predicted molar refractivity (Wildman–Crippen MR) is 117 cm³/mol. The van der Waals surface area contributed by atoms with Crippen molar-refractivity contribution in [3.05, 3.63) is 86.9 Å². The Bertz CT molecular complexity index is 1130. The van der Waals surface area contributed by atoms with Crippen molar-refractivity contribution >= 4 is 35.2 Å². The van der Waals surface area contributed by atoms with Gasteiger partial charge in [0.05, 0.1) is 16.1 Å². The minimum atomic E-state index is -0.903. The van der Waals surface area contributed by atoms with E-state index in [9.17, 15) is 13.6 Å². The molecule has 1 unspecified atom stereocenters. The Labute approximate surface area is 188 Å². The fourth-order valence-electron chi connectivity index (χ4n) is 3.75. The summed E-state index contributed by atoms with van der Waals surface area (Å²) in [6, 6.07) is 11.8. The number of aldehydes is 1. The summed E-state index contributed by atoms with van der Waals surface area (Å²) in [5.74, 6) is -0.959. The molecule has 1 aliphatic heterocycles. The number of fused-ring (bicyclic) bond motifs is 1. The summed E-state index contributed by atoms with van der Waals surface area (Å²) < 4.78 is 32.6. The SMILES string of the molecule is Nc1cc(Cl)c(Oc2ccc3c(c2)CCN(Cc2ccc(F)c(F)c2)C3C=O)c(Cl)c1. The molecule has 0 bridgehead atoms. The number of anilines is 1. The first kappa shape index (κ1) is 21.6. The molecule has 2 N–H and O–H groups in total. The van der Waals surface area contributed by atoms with Crippen molar-refractivity contribution in [2.75, 3.05) is 12.3 Å². The summed E-state index contributed by atoms with van der Waals surface area (Å²) in [5, 5.41) is 0.595. The highest BCUT2D eigenvalue weighted by molar-refractivity contribution is 6.37. The van der Waals surface area contributed by atoms with Gasteiger partial charge in [0.25, 0.3) is 0 Å². The average molecular weight is 463 g/mol. The molecule has 0 saturated carbocycles. The van der Waals surface area contributed by atoms with Crippen molar-refractivity contribution in [2.45, 2.75) is 19.0 Å². The highest BCUT2D eigenvalue weighted by atomic mass is 35.5. The second-order valence-corrected chi connectivity index (χ2v) is 8.14. The number of nitrogens with zero attached hydrogens (tertiary/aromatic N) is 1. The van der Waals surface area contributed by atoms with Crippen LogP contribution in [-0.4, -0.2) is 17.7 Å². The van der Waals surface area contributed by atoms with E-state index in [1.165, 1.54) is 6.07 Å². The molecule has 3 aromatic rings. The zero-order valence-corrected chi connectivity index (χ0v) is 17.8. The molecule has 160 valence electrons. The molecule has 1 aliphatic rings. The number of hydrogen-bond acceptors (Lipinski definition) is 4. The normalized spacial score (nSPS) is 16.1. The van der Waals surface area contributed by atoms with Gasteiger partial charge in [0.2, 0.25) is 0 Å². The molecule has 4 rings (SSSR count). The number of nitrogens with two attached hydrogens (primary N) is 1. The number of ether oxygens (including phenoxy) is 1. The summed E-state index contributed by atoms with van der Waals surface area (Å²) in [4.78, 5) is 13.8. The van der Waals surface area contributed by atoms with E-state index in [0.29, 0.717) is 52.3 Å². The first-order valence-corrected chi connectivity index (χ1v) is 10.3. The van der Waals surface area contributed by atoms with Crippen molar-refractivity contribution < 1.29 is 18.3 Å². The summed E-state index contributed by atoms with van der Waals surface area (Å²) in [6.45, 7) is 0.900. The van der Waals surface area contributed by atoms with Crippen LogP contribution in [0.3, 0.4) is 0 Å². The Morgan fingerprint density at radius 1 is 1.06 bits per heavy atom. The molecule has 31 heavy (non-hydrogen) atoms. The lowest BCUT2D eigenvalue weighted by molar-refractivity contribution is -0.113. The van der Waals surface area contributed by atoms with Crippen LogP contribution in [0.25, 0.3) is 0 Å². The molecule has 0 fully saturated rings. The van der Waals surface area contributed by atoms with E-state index in [-0.39, 0.29) is 0 Å². The first-order chi connectivity index (χ1) is 14.9. The standard InChI is InChI=1S/C23H18Cl2F2N2O2/c24-18-9-15(28)10-19(25)23(18)31-16-2-3-17-14(8-16)5-6-29(22(17)12-30)11-13-1-4-20(26)21(27)7-13/h1-4,7-10,12,22H,5-6,11,28H2. The number of nitrogen functional groups attached to an aromatic ring is 1. The quantitative estimate of drug-likeness (QED) is 0.376. The zero-order chi connectivity index (χ0) is 22.1. The lowest BCUT2D eigenvalue weighted by Gasteiger charge is -2.34. The molecule has 4 nitrogen and oxygen atoms in total. The van der Waals surface area contributed by atoms with Crippen molar-refractivity contribution in [1.82, 2.24) is 4.90 Å². The number of carbonyl (C=O) groups is 1. The van der Waals surface area contributed by atoms with Gasteiger partial charge >= 0.3 is 0 Å². The Kier molecular flexibility index (Phi) is 6.14. The highest BCUT2D eigenvalue weighted by Gasteiger charge is 2.28. The molecule has 0 saturated heterocycles. The van der Waals surface area contributed by atoms with Gasteiger partial charge in [-0.1, -0.05) is 35.3 Å². The third-order valence-electron chi connectivity index (χ3n) is 5.23. The smallest absolute Gasteiger partial charge is 0.164 e. The maximum absolute atomic E-state index is 13.6. The van der Waals surface area contributed by atoms with Crippen molar-refractivity contribution in [3.8, 4) is 11.5 Å². The Hall–Kier alpha value is -2.67. The van der Waals surface area contributed by atoms with Crippen LogP contribution in [0.2, 0.25) is 10.0 Å². The van der Waals surface area contributed by atoms with E-state index < -0.39 is 17.7 Å². The molecule has 1 atom stereocenters. The topological polar surface area (TPSA) is 55.6 Å². The van der Waals surface area contributed by atoms with Gasteiger partial charge in [-0.05, 0) is 59.5 Å². The summed E-state index contributed by atoms with van der Waals surface area (Å²) in [5.41, 5.74) is 8.55. The number of halogens is 4. The second kappa shape index (κ2) is 8.83. The molecular weight excluding hydrogens is 445 g/mol. The third kappa shape index (κ3) is 4.51.